The lowest BCUT2D eigenvalue weighted by atomic mass is 9.98. The van der Waals surface area contributed by atoms with Crippen molar-refractivity contribution in [3.05, 3.63) is 70.9 Å². The summed E-state index contributed by atoms with van der Waals surface area (Å²) in [5.74, 6) is 0.498. The first-order chi connectivity index (χ1) is 17.1. The topological polar surface area (TPSA) is 61.6 Å². The Morgan fingerprint density at radius 2 is 1.60 bits per heavy atom. The van der Waals surface area contributed by atoms with Crippen molar-refractivity contribution in [2.75, 3.05) is 13.2 Å². The maximum atomic E-state index is 12.7. The van der Waals surface area contributed by atoms with Gasteiger partial charge in [-0.25, -0.2) is 9.78 Å². The fraction of sp³-hybridized carbons (Fsp3) is 0.467. The monoisotopic (exact) mass is 477 g/mol. The molecule has 0 atom stereocenters. The predicted molar refractivity (Wildman–Crippen MR) is 143 cm³/mol. The lowest BCUT2D eigenvalue weighted by Crippen LogP contribution is -2.05. The molecule has 0 aliphatic heterocycles. The van der Waals surface area contributed by atoms with E-state index in [9.17, 15) is 4.79 Å². The minimum Gasteiger partial charge on any atom is -0.502 e. The molecule has 0 spiro atoms. The van der Waals surface area contributed by atoms with E-state index in [1.807, 2.05) is 19.1 Å². The van der Waals surface area contributed by atoms with Crippen molar-refractivity contribution >= 4 is 11.0 Å². The van der Waals surface area contributed by atoms with Gasteiger partial charge in [-0.1, -0.05) is 76.6 Å². The molecule has 5 nitrogen and oxygen atoms in total. The third-order valence-electron chi connectivity index (χ3n) is 6.36. The molecule has 0 amide bonds. The van der Waals surface area contributed by atoms with Gasteiger partial charge in [0.05, 0.1) is 25.0 Å². The second kappa shape index (κ2) is 14.3. The zero-order chi connectivity index (χ0) is 24.9. The summed E-state index contributed by atoms with van der Waals surface area (Å²) in [7, 11) is 0. The summed E-state index contributed by atoms with van der Waals surface area (Å²) in [6, 6.07) is 9.76. The molecule has 0 radical (unpaired) electrons. The highest BCUT2D eigenvalue weighted by Crippen LogP contribution is 2.26. The number of fused-ring (bicyclic) bond motifs is 1. The number of unbranched alkanes of at least 4 members (excludes halogenated alkanes) is 8. The van der Waals surface area contributed by atoms with Crippen molar-refractivity contribution in [2.24, 2.45) is 0 Å². The Labute approximate surface area is 209 Å². The summed E-state index contributed by atoms with van der Waals surface area (Å²) in [5.41, 5.74) is 3.94. The van der Waals surface area contributed by atoms with Crippen molar-refractivity contribution in [3.8, 4) is 17.0 Å². The van der Waals surface area contributed by atoms with Gasteiger partial charge in [-0.15, -0.1) is 0 Å². The van der Waals surface area contributed by atoms with Crippen LogP contribution >= 0.6 is 0 Å². The first-order valence-corrected chi connectivity index (χ1v) is 13.0. The molecule has 0 unspecified atom stereocenters. The van der Waals surface area contributed by atoms with E-state index >= 15 is 0 Å². The largest absolute Gasteiger partial charge is 0.502 e. The fourth-order valence-electron chi connectivity index (χ4n) is 4.30. The molecule has 188 valence electrons. The summed E-state index contributed by atoms with van der Waals surface area (Å²) in [6.07, 6.45) is 15.0. The predicted octanol–water partition coefficient (Wildman–Crippen LogP) is 7.78. The van der Waals surface area contributed by atoms with Crippen molar-refractivity contribution < 1.29 is 13.9 Å². The molecular weight excluding hydrogens is 438 g/mol. The summed E-state index contributed by atoms with van der Waals surface area (Å²) < 4.78 is 16.6. The van der Waals surface area contributed by atoms with Gasteiger partial charge in [0.25, 0.3) is 0 Å². The van der Waals surface area contributed by atoms with Gasteiger partial charge in [0.15, 0.2) is 0 Å². The number of hydrogen-bond donors (Lipinski definition) is 0. The lowest BCUT2D eigenvalue weighted by Gasteiger charge is -2.09. The van der Waals surface area contributed by atoms with Gasteiger partial charge in [0.1, 0.15) is 5.58 Å². The molecule has 2 aromatic heterocycles. The first kappa shape index (κ1) is 26.5. The number of benzene rings is 1. The molecule has 0 N–H and O–H groups in total. The van der Waals surface area contributed by atoms with Crippen LogP contribution in [0.3, 0.4) is 0 Å². The first-order valence-electron chi connectivity index (χ1n) is 13.0. The van der Waals surface area contributed by atoms with Crippen molar-refractivity contribution in [2.45, 2.75) is 78.1 Å². The standard InChI is InChI=1S/C30H39NO4/c1-4-24-15-16-26(23(3)19-24)27-20-25-22-31-29(21-28(25)35-30(27)32)34-18-14-12-10-8-6-7-9-11-13-17-33-5-2/h5,15-16,19-22H,2,4,6-14,17-18H2,1,3H3. The van der Waals surface area contributed by atoms with Gasteiger partial charge in [0, 0.05) is 17.6 Å². The van der Waals surface area contributed by atoms with Crippen LogP contribution < -0.4 is 10.4 Å². The average Bonchev–Trinajstić information content (AvgIpc) is 2.86. The minimum absolute atomic E-state index is 0.341. The molecule has 5 heteroatoms. The summed E-state index contributed by atoms with van der Waals surface area (Å²) >= 11 is 0. The van der Waals surface area contributed by atoms with Crippen LogP contribution in [-0.4, -0.2) is 18.2 Å². The van der Waals surface area contributed by atoms with E-state index in [-0.39, 0.29) is 5.63 Å². The third kappa shape index (κ3) is 8.27. The highest BCUT2D eigenvalue weighted by atomic mass is 16.5. The maximum absolute atomic E-state index is 12.7. The molecule has 3 rings (SSSR count). The molecule has 3 aromatic rings. The van der Waals surface area contributed by atoms with Crippen LogP contribution in [0.4, 0.5) is 0 Å². The molecular formula is C30H39NO4. The molecule has 0 fully saturated rings. The molecule has 2 heterocycles. The molecule has 0 saturated carbocycles. The Morgan fingerprint density at radius 1 is 0.914 bits per heavy atom. The zero-order valence-corrected chi connectivity index (χ0v) is 21.3. The summed E-state index contributed by atoms with van der Waals surface area (Å²) in [4.78, 5) is 17.1. The van der Waals surface area contributed by atoms with Gasteiger partial charge in [-0.05, 0) is 48.9 Å². The van der Waals surface area contributed by atoms with E-state index in [4.69, 9.17) is 13.9 Å². The average molecular weight is 478 g/mol. The molecule has 0 aliphatic carbocycles. The molecule has 35 heavy (non-hydrogen) atoms. The number of aryl methyl sites for hydroxylation is 2. The highest BCUT2D eigenvalue weighted by molar-refractivity contribution is 5.82. The zero-order valence-electron chi connectivity index (χ0n) is 21.3. The van der Waals surface area contributed by atoms with Gasteiger partial charge >= 0.3 is 5.63 Å². The molecule has 0 bridgehead atoms. The van der Waals surface area contributed by atoms with E-state index in [0.717, 1.165) is 48.8 Å². The van der Waals surface area contributed by atoms with Gasteiger partial charge in [0.2, 0.25) is 5.88 Å². The van der Waals surface area contributed by atoms with E-state index in [1.54, 1.807) is 12.3 Å². The van der Waals surface area contributed by atoms with Gasteiger partial charge in [-0.2, -0.15) is 0 Å². The van der Waals surface area contributed by atoms with Crippen LogP contribution in [0.1, 0.15) is 75.8 Å². The summed E-state index contributed by atoms with van der Waals surface area (Å²) in [5, 5.41) is 0.791. The van der Waals surface area contributed by atoms with E-state index < -0.39 is 0 Å². The number of aromatic nitrogens is 1. The maximum Gasteiger partial charge on any atom is 0.344 e. The van der Waals surface area contributed by atoms with E-state index in [1.165, 1.54) is 50.4 Å². The Morgan fingerprint density at radius 3 is 2.26 bits per heavy atom. The molecule has 0 saturated heterocycles. The van der Waals surface area contributed by atoms with Crippen LogP contribution in [0.5, 0.6) is 5.88 Å². The second-order valence-corrected chi connectivity index (χ2v) is 9.08. The number of ether oxygens (including phenoxy) is 2. The Hall–Kier alpha value is -3.08. The number of hydrogen-bond acceptors (Lipinski definition) is 5. The normalized spacial score (nSPS) is 11.0. The molecule has 0 aliphatic rings. The molecule has 1 aromatic carbocycles. The smallest absolute Gasteiger partial charge is 0.344 e. The third-order valence-corrected chi connectivity index (χ3v) is 6.36. The van der Waals surface area contributed by atoms with Crippen molar-refractivity contribution in [3.63, 3.8) is 0 Å². The van der Waals surface area contributed by atoms with Crippen molar-refractivity contribution in [1.29, 1.82) is 0 Å². The van der Waals surface area contributed by atoms with Crippen LogP contribution in [0.25, 0.3) is 22.1 Å². The number of pyridine rings is 1. The van der Waals surface area contributed by atoms with Crippen LogP contribution in [0.15, 0.2) is 58.6 Å². The van der Waals surface area contributed by atoms with Crippen molar-refractivity contribution in [1.82, 2.24) is 4.98 Å². The quantitative estimate of drug-likeness (QED) is 0.156. The Bertz CT molecular complexity index is 1130. The van der Waals surface area contributed by atoms with Crippen LogP contribution in [0, 0.1) is 6.92 Å². The number of nitrogens with zero attached hydrogens (tertiary/aromatic N) is 1. The SMILES string of the molecule is C=COCCCCCCCCCCCOc1cc2oc(=O)c(-c3ccc(CC)cc3C)cc2cn1. The van der Waals surface area contributed by atoms with E-state index in [0.29, 0.717) is 23.6 Å². The summed E-state index contributed by atoms with van der Waals surface area (Å²) in [6.45, 7) is 9.10. The number of rotatable bonds is 16. The minimum atomic E-state index is -0.341. The fourth-order valence-corrected chi connectivity index (χ4v) is 4.30. The second-order valence-electron chi connectivity index (χ2n) is 9.08. The van der Waals surface area contributed by atoms with Crippen LogP contribution in [-0.2, 0) is 11.2 Å². The lowest BCUT2D eigenvalue weighted by molar-refractivity contribution is 0.241. The van der Waals surface area contributed by atoms with E-state index in [2.05, 4.69) is 30.6 Å². The van der Waals surface area contributed by atoms with Crippen LogP contribution in [0.2, 0.25) is 0 Å². The van der Waals surface area contributed by atoms with Gasteiger partial charge < -0.3 is 13.9 Å². The Balaban J connectivity index is 1.41. The van der Waals surface area contributed by atoms with Gasteiger partial charge in [-0.3, -0.25) is 0 Å². The highest BCUT2D eigenvalue weighted by Gasteiger charge is 2.12. The Kier molecular flexibility index (Phi) is 10.9.